The van der Waals surface area contributed by atoms with Gasteiger partial charge in [-0.3, -0.25) is 0 Å². The lowest BCUT2D eigenvalue weighted by molar-refractivity contribution is 0.414. The van der Waals surface area contributed by atoms with Crippen LogP contribution in [0.5, 0.6) is 0 Å². The Morgan fingerprint density at radius 1 is 1.12 bits per heavy atom. The van der Waals surface area contributed by atoms with E-state index in [1.165, 1.54) is 5.56 Å². The zero-order chi connectivity index (χ0) is 12.9. The molecular formula is C14H23ClN2. The highest BCUT2D eigenvalue weighted by molar-refractivity contribution is 6.30. The Kier molecular flexibility index (Phi) is 5.44. The summed E-state index contributed by atoms with van der Waals surface area (Å²) in [6.45, 7) is 10.6. The third-order valence-electron chi connectivity index (χ3n) is 2.60. The van der Waals surface area contributed by atoms with E-state index in [1.807, 2.05) is 12.1 Å². The molecule has 0 aromatic heterocycles. The number of nitrogens with one attached hydrogen (secondary N) is 2. The molecule has 0 aliphatic rings. The molecule has 0 radical (unpaired) electrons. The smallest absolute Gasteiger partial charge is 0.0406 e. The number of rotatable bonds is 5. The maximum atomic E-state index is 5.86. The van der Waals surface area contributed by atoms with Gasteiger partial charge in [-0.1, -0.05) is 23.7 Å². The van der Waals surface area contributed by atoms with Crippen molar-refractivity contribution in [3.05, 3.63) is 34.9 Å². The van der Waals surface area contributed by atoms with Gasteiger partial charge in [0, 0.05) is 29.7 Å². The lowest BCUT2D eigenvalue weighted by Gasteiger charge is -2.22. The number of benzene rings is 1. The summed E-state index contributed by atoms with van der Waals surface area (Å²) in [5.74, 6) is 0. The molecule has 0 fully saturated rings. The van der Waals surface area contributed by atoms with Crippen LogP contribution in [0, 0.1) is 0 Å². The minimum absolute atomic E-state index is 0.186. The van der Waals surface area contributed by atoms with E-state index >= 15 is 0 Å². The molecule has 1 rings (SSSR count). The van der Waals surface area contributed by atoms with Crippen molar-refractivity contribution in [1.29, 1.82) is 0 Å². The van der Waals surface area contributed by atoms with E-state index in [-0.39, 0.29) is 5.54 Å². The predicted octanol–water partition coefficient (Wildman–Crippen LogP) is 3.38. The first kappa shape index (κ1) is 14.5. The topological polar surface area (TPSA) is 24.1 Å². The van der Waals surface area contributed by atoms with Gasteiger partial charge in [0.1, 0.15) is 0 Å². The van der Waals surface area contributed by atoms with Crippen molar-refractivity contribution in [2.24, 2.45) is 0 Å². The van der Waals surface area contributed by atoms with Gasteiger partial charge in [0.05, 0.1) is 0 Å². The van der Waals surface area contributed by atoms with Crippen molar-refractivity contribution in [3.8, 4) is 0 Å². The molecule has 0 spiro atoms. The second-order valence-corrected chi connectivity index (χ2v) is 5.84. The van der Waals surface area contributed by atoms with Crippen LogP contribution in [0.3, 0.4) is 0 Å². The van der Waals surface area contributed by atoms with Gasteiger partial charge < -0.3 is 10.6 Å². The predicted molar refractivity (Wildman–Crippen MR) is 75.6 cm³/mol. The van der Waals surface area contributed by atoms with Gasteiger partial charge in [0.15, 0.2) is 0 Å². The van der Waals surface area contributed by atoms with E-state index in [1.54, 1.807) is 0 Å². The zero-order valence-corrected chi connectivity index (χ0v) is 11.9. The van der Waals surface area contributed by atoms with Crippen molar-refractivity contribution in [2.75, 3.05) is 13.1 Å². The normalized spacial score (nSPS) is 13.7. The SMILES string of the molecule is C[C@@H](NCCNC(C)(C)C)c1ccc(Cl)cc1. The molecule has 0 aliphatic heterocycles. The van der Waals surface area contributed by atoms with Crippen molar-refractivity contribution in [1.82, 2.24) is 10.6 Å². The molecule has 0 heterocycles. The molecule has 2 nitrogen and oxygen atoms in total. The van der Waals surface area contributed by atoms with Crippen LogP contribution in [0.1, 0.15) is 39.3 Å². The molecule has 0 saturated heterocycles. The summed E-state index contributed by atoms with van der Waals surface area (Å²) in [7, 11) is 0. The van der Waals surface area contributed by atoms with E-state index in [9.17, 15) is 0 Å². The van der Waals surface area contributed by atoms with E-state index in [4.69, 9.17) is 11.6 Å². The van der Waals surface area contributed by atoms with E-state index in [2.05, 4.69) is 50.5 Å². The Bertz CT molecular complexity index is 327. The molecule has 1 atom stereocenters. The molecule has 3 heteroatoms. The third kappa shape index (κ3) is 6.06. The van der Waals surface area contributed by atoms with Crippen LogP contribution >= 0.6 is 11.6 Å². The summed E-state index contributed by atoms with van der Waals surface area (Å²) in [6.07, 6.45) is 0. The van der Waals surface area contributed by atoms with Gasteiger partial charge in [0.2, 0.25) is 0 Å². The van der Waals surface area contributed by atoms with Crippen LogP contribution in [0.25, 0.3) is 0 Å². The molecule has 0 bridgehead atoms. The third-order valence-corrected chi connectivity index (χ3v) is 2.85. The molecule has 1 aromatic rings. The summed E-state index contributed by atoms with van der Waals surface area (Å²) in [6, 6.07) is 8.35. The van der Waals surface area contributed by atoms with Crippen LogP contribution in [-0.2, 0) is 0 Å². The molecular weight excluding hydrogens is 232 g/mol. The van der Waals surface area contributed by atoms with Gasteiger partial charge in [-0.2, -0.15) is 0 Å². The Balaban J connectivity index is 2.30. The van der Waals surface area contributed by atoms with Gasteiger partial charge >= 0.3 is 0 Å². The Labute approximate surface area is 110 Å². The average Bonchev–Trinajstić information content (AvgIpc) is 2.24. The quantitative estimate of drug-likeness (QED) is 0.788. The molecule has 0 saturated carbocycles. The summed E-state index contributed by atoms with van der Waals surface area (Å²) in [4.78, 5) is 0. The summed E-state index contributed by atoms with van der Waals surface area (Å²) in [5, 5.41) is 7.73. The fourth-order valence-electron chi connectivity index (χ4n) is 1.60. The first-order valence-electron chi connectivity index (χ1n) is 6.12. The second-order valence-electron chi connectivity index (χ2n) is 5.40. The monoisotopic (exact) mass is 254 g/mol. The molecule has 0 amide bonds. The van der Waals surface area contributed by atoms with Crippen molar-refractivity contribution < 1.29 is 0 Å². The highest BCUT2D eigenvalue weighted by atomic mass is 35.5. The first-order valence-corrected chi connectivity index (χ1v) is 6.50. The summed E-state index contributed by atoms with van der Waals surface area (Å²) < 4.78 is 0. The van der Waals surface area contributed by atoms with Crippen LogP contribution < -0.4 is 10.6 Å². The standard InChI is InChI=1S/C14H23ClN2/c1-11(12-5-7-13(15)8-6-12)16-9-10-17-14(2,3)4/h5-8,11,16-17H,9-10H2,1-4H3/t11-/m1/s1. The van der Waals surface area contributed by atoms with Gasteiger partial charge in [-0.15, -0.1) is 0 Å². The Hall–Kier alpha value is -0.570. The molecule has 0 aliphatic carbocycles. The van der Waals surface area contributed by atoms with E-state index in [0.29, 0.717) is 6.04 Å². The molecule has 1 aromatic carbocycles. The highest BCUT2D eigenvalue weighted by Gasteiger charge is 2.08. The van der Waals surface area contributed by atoms with Gasteiger partial charge in [-0.25, -0.2) is 0 Å². The fourth-order valence-corrected chi connectivity index (χ4v) is 1.72. The van der Waals surface area contributed by atoms with Crippen molar-refractivity contribution in [3.63, 3.8) is 0 Å². The minimum Gasteiger partial charge on any atom is -0.311 e. The highest BCUT2D eigenvalue weighted by Crippen LogP contribution is 2.15. The van der Waals surface area contributed by atoms with Gasteiger partial charge in [0.25, 0.3) is 0 Å². The number of hydrogen-bond acceptors (Lipinski definition) is 2. The fraction of sp³-hybridized carbons (Fsp3) is 0.571. The maximum Gasteiger partial charge on any atom is 0.0406 e. The second kappa shape index (κ2) is 6.39. The zero-order valence-electron chi connectivity index (χ0n) is 11.2. The van der Waals surface area contributed by atoms with Crippen molar-refractivity contribution >= 4 is 11.6 Å². The molecule has 2 N–H and O–H groups in total. The van der Waals surface area contributed by atoms with Crippen LogP contribution in [0.4, 0.5) is 0 Å². The molecule has 96 valence electrons. The summed E-state index contributed by atoms with van der Waals surface area (Å²) >= 11 is 5.86. The first-order chi connectivity index (χ1) is 7.88. The molecule has 17 heavy (non-hydrogen) atoms. The van der Waals surface area contributed by atoms with Crippen LogP contribution in [0.15, 0.2) is 24.3 Å². The lowest BCUT2D eigenvalue weighted by atomic mass is 10.1. The number of halogens is 1. The van der Waals surface area contributed by atoms with Crippen LogP contribution in [0.2, 0.25) is 5.02 Å². The lowest BCUT2D eigenvalue weighted by Crippen LogP contribution is -2.40. The van der Waals surface area contributed by atoms with E-state index in [0.717, 1.165) is 18.1 Å². The number of hydrogen-bond donors (Lipinski definition) is 2. The van der Waals surface area contributed by atoms with Crippen molar-refractivity contribution in [2.45, 2.75) is 39.3 Å². The Morgan fingerprint density at radius 3 is 2.24 bits per heavy atom. The van der Waals surface area contributed by atoms with E-state index < -0.39 is 0 Å². The minimum atomic E-state index is 0.186. The summed E-state index contributed by atoms with van der Waals surface area (Å²) in [5.41, 5.74) is 1.45. The molecule has 0 unspecified atom stereocenters. The van der Waals surface area contributed by atoms with Crippen LogP contribution in [-0.4, -0.2) is 18.6 Å². The maximum absolute atomic E-state index is 5.86. The largest absolute Gasteiger partial charge is 0.311 e. The average molecular weight is 255 g/mol. The Morgan fingerprint density at radius 2 is 1.71 bits per heavy atom. The van der Waals surface area contributed by atoms with Gasteiger partial charge in [-0.05, 0) is 45.4 Å².